The Morgan fingerprint density at radius 1 is 1.24 bits per heavy atom. The van der Waals surface area contributed by atoms with Crippen LogP contribution in [-0.2, 0) is 5.75 Å². The standard InChI is InChI=1S/C17H25NO2S/c1-21-11-14-5-7-15(8-6-14)16(20)18-12-17(13-19)9-3-2-4-10-17/h5-8,19H,2-4,9-13H2,1H3,(H,18,20). The van der Waals surface area contributed by atoms with E-state index in [1.54, 1.807) is 11.8 Å². The van der Waals surface area contributed by atoms with Gasteiger partial charge in [-0.05, 0) is 36.8 Å². The minimum atomic E-state index is -0.104. The second kappa shape index (κ2) is 7.85. The summed E-state index contributed by atoms with van der Waals surface area (Å²) in [6.07, 6.45) is 7.64. The maximum absolute atomic E-state index is 12.2. The van der Waals surface area contributed by atoms with E-state index in [0.717, 1.165) is 31.4 Å². The van der Waals surface area contributed by atoms with Crippen molar-refractivity contribution in [1.29, 1.82) is 0 Å². The average molecular weight is 307 g/mol. The normalized spacial score (nSPS) is 17.4. The number of aliphatic hydroxyl groups is 1. The molecule has 0 atom stereocenters. The highest BCUT2D eigenvalue weighted by atomic mass is 32.2. The number of nitrogens with one attached hydrogen (secondary N) is 1. The summed E-state index contributed by atoms with van der Waals surface area (Å²) in [7, 11) is 0. The van der Waals surface area contributed by atoms with Crippen LogP contribution < -0.4 is 5.32 Å². The molecule has 3 nitrogen and oxygen atoms in total. The van der Waals surface area contributed by atoms with Gasteiger partial charge < -0.3 is 10.4 Å². The Bertz CT molecular complexity index is 452. The fourth-order valence-electron chi connectivity index (χ4n) is 2.98. The first-order valence-corrected chi connectivity index (χ1v) is 9.05. The number of benzene rings is 1. The molecule has 2 rings (SSSR count). The van der Waals surface area contributed by atoms with E-state index < -0.39 is 0 Å². The van der Waals surface area contributed by atoms with Gasteiger partial charge in [0.15, 0.2) is 0 Å². The minimum Gasteiger partial charge on any atom is -0.396 e. The number of thioether (sulfide) groups is 1. The fraction of sp³-hybridized carbons (Fsp3) is 0.588. The summed E-state index contributed by atoms with van der Waals surface area (Å²) in [6, 6.07) is 7.78. The molecular weight excluding hydrogens is 282 g/mol. The van der Waals surface area contributed by atoms with Crippen LogP contribution in [0.3, 0.4) is 0 Å². The second-order valence-corrected chi connectivity index (χ2v) is 6.90. The first-order valence-electron chi connectivity index (χ1n) is 7.66. The zero-order chi connectivity index (χ0) is 15.1. The minimum absolute atomic E-state index is 0.0379. The van der Waals surface area contributed by atoms with E-state index in [1.165, 1.54) is 12.0 Å². The third-order valence-corrected chi connectivity index (χ3v) is 5.02. The zero-order valence-electron chi connectivity index (χ0n) is 12.7. The predicted molar refractivity (Wildman–Crippen MR) is 88.6 cm³/mol. The van der Waals surface area contributed by atoms with Crippen molar-refractivity contribution >= 4 is 17.7 Å². The van der Waals surface area contributed by atoms with Gasteiger partial charge in [-0.1, -0.05) is 31.4 Å². The maximum Gasteiger partial charge on any atom is 0.251 e. The van der Waals surface area contributed by atoms with Gasteiger partial charge in [0.05, 0.1) is 6.61 Å². The highest BCUT2D eigenvalue weighted by Crippen LogP contribution is 2.35. The number of hydrogen-bond donors (Lipinski definition) is 2. The van der Waals surface area contributed by atoms with Gasteiger partial charge in [-0.2, -0.15) is 11.8 Å². The summed E-state index contributed by atoms with van der Waals surface area (Å²) in [5.74, 6) is 0.930. The van der Waals surface area contributed by atoms with Crippen molar-refractivity contribution in [2.24, 2.45) is 5.41 Å². The molecule has 1 aromatic carbocycles. The molecule has 1 fully saturated rings. The molecule has 0 bridgehead atoms. The molecule has 1 aromatic rings. The third-order valence-electron chi connectivity index (χ3n) is 4.40. The molecule has 0 saturated heterocycles. The van der Waals surface area contributed by atoms with E-state index in [-0.39, 0.29) is 17.9 Å². The molecule has 1 amide bonds. The number of amides is 1. The van der Waals surface area contributed by atoms with Gasteiger partial charge in [0.2, 0.25) is 0 Å². The largest absolute Gasteiger partial charge is 0.396 e. The number of carbonyl (C=O) groups excluding carboxylic acids is 1. The van der Waals surface area contributed by atoms with Gasteiger partial charge in [0.25, 0.3) is 5.91 Å². The molecule has 2 N–H and O–H groups in total. The summed E-state index contributed by atoms with van der Waals surface area (Å²) < 4.78 is 0. The van der Waals surface area contributed by atoms with Gasteiger partial charge in [0, 0.05) is 23.3 Å². The first-order chi connectivity index (χ1) is 10.2. The topological polar surface area (TPSA) is 49.3 Å². The fourth-order valence-corrected chi connectivity index (χ4v) is 3.51. The van der Waals surface area contributed by atoms with Crippen LogP contribution in [0.4, 0.5) is 0 Å². The number of carbonyl (C=O) groups is 1. The lowest BCUT2D eigenvalue weighted by molar-refractivity contribution is 0.0718. The maximum atomic E-state index is 12.2. The number of rotatable bonds is 6. The van der Waals surface area contributed by atoms with Crippen molar-refractivity contribution in [3.8, 4) is 0 Å². The summed E-state index contributed by atoms with van der Waals surface area (Å²) >= 11 is 1.77. The lowest BCUT2D eigenvalue weighted by Gasteiger charge is -2.35. The van der Waals surface area contributed by atoms with Crippen LogP contribution in [0.5, 0.6) is 0 Å². The molecule has 0 heterocycles. The van der Waals surface area contributed by atoms with E-state index in [4.69, 9.17) is 0 Å². The lowest BCUT2D eigenvalue weighted by Crippen LogP contribution is -2.41. The van der Waals surface area contributed by atoms with Crippen LogP contribution >= 0.6 is 11.8 Å². The molecule has 4 heteroatoms. The summed E-state index contributed by atoms with van der Waals surface area (Å²) in [5.41, 5.74) is 1.83. The van der Waals surface area contributed by atoms with Crippen molar-refractivity contribution in [1.82, 2.24) is 5.32 Å². The van der Waals surface area contributed by atoms with Gasteiger partial charge in [-0.15, -0.1) is 0 Å². The van der Waals surface area contributed by atoms with E-state index in [9.17, 15) is 9.90 Å². The van der Waals surface area contributed by atoms with E-state index >= 15 is 0 Å². The van der Waals surface area contributed by atoms with Crippen LogP contribution in [-0.4, -0.2) is 30.4 Å². The Morgan fingerprint density at radius 2 is 1.90 bits per heavy atom. The molecule has 0 aromatic heterocycles. The molecule has 21 heavy (non-hydrogen) atoms. The number of hydrogen-bond acceptors (Lipinski definition) is 3. The zero-order valence-corrected chi connectivity index (χ0v) is 13.5. The Morgan fingerprint density at radius 3 is 2.48 bits per heavy atom. The van der Waals surface area contributed by atoms with Gasteiger partial charge in [-0.3, -0.25) is 4.79 Å². The van der Waals surface area contributed by atoms with Crippen molar-refractivity contribution in [2.45, 2.75) is 37.9 Å². The molecule has 1 aliphatic rings. The van der Waals surface area contributed by atoms with Gasteiger partial charge >= 0.3 is 0 Å². The third kappa shape index (κ3) is 4.48. The summed E-state index contributed by atoms with van der Waals surface area (Å²) in [6.45, 7) is 0.745. The smallest absolute Gasteiger partial charge is 0.251 e. The Kier molecular flexibility index (Phi) is 6.12. The Hall–Kier alpha value is -1.00. The molecular formula is C17H25NO2S. The SMILES string of the molecule is CSCc1ccc(C(=O)NCC2(CO)CCCCC2)cc1. The molecule has 1 saturated carbocycles. The molecule has 116 valence electrons. The molecule has 0 aliphatic heterocycles. The molecule has 0 unspecified atom stereocenters. The van der Waals surface area contributed by atoms with Crippen LogP contribution in [0.25, 0.3) is 0 Å². The van der Waals surface area contributed by atoms with Crippen LogP contribution in [0.1, 0.15) is 48.0 Å². The lowest BCUT2D eigenvalue weighted by atomic mass is 9.74. The highest BCUT2D eigenvalue weighted by molar-refractivity contribution is 7.97. The molecule has 1 aliphatic carbocycles. The first kappa shape index (κ1) is 16.4. The summed E-state index contributed by atoms with van der Waals surface area (Å²) in [4.78, 5) is 12.2. The predicted octanol–water partition coefficient (Wildman–Crippen LogP) is 3.22. The Balaban J connectivity index is 1.91. The number of aliphatic hydroxyl groups excluding tert-OH is 1. The van der Waals surface area contributed by atoms with Crippen molar-refractivity contribution in [2.75, 3.05) is 19.4 Å². The monoisotopic (exact) mass is 307 g/mol. The summed E-state index contributed by atoms with van der Waals surface area (Å²) in [5, 5.41) is 12.7. The molecule has 0 spiro atoms. The van der Waals surface area contributed by atoms with E-state index in [2.05, 4.69) is 11.6 Å². The van der Waals surface area contributed by atoms with Crippen molar-refractivity contribution in [3.05, 3.63) is 35.4 Å². The van der Waals surface area contributed by atoms with Crippen LogP contribution in [0.15, 0.2) is 24.3 Å². The van der Waals surface area contributed by atoms with E-state index in [0.29, 0.717) is 12.1 Å². The highest BCUT2D eigenvalue weighted by Gasteiger charge is 2.31. The van der Waals surface area contributed by atoms with Crippen molar-refractivity contribution < 1.29 is 9.90 Å². The van der Waals surface area contributed by atoms with Gasteiger partial charge in [-0.25, -0.2) is 0 Å². The Labute approximate surface area is 131 Å². The van der Waals surface area contributed by atoms with Crippen LogP contribution in [0.2, 0.25) is 0 Å². The second-order valence-electron chi connectivity index (χ2n) is 6.03. The van der Waals surface area contributed by atoms with Crippen molar-refractivity contribution in [3.63, 3.8) is 0 Å². The quantitative estimate of drug-likeness (QED) is 0.848. The molecule has 0 radical (unpaired) electrons. The van der Waals surface area contributed by atoms with Crippen LogP contribution in [0, 0.1) is 5.41 Å². The van der Waals surface area contributed by atoms with Gasteiger partial charge in [0.1, 0.15) is 0 Å². The average Bonchev–Trinajstić information content (AvgIpc) is 2.54. The van der Waals surface area contributed by atoms with E-state index in [1.807, 2.05) is 24.3 Å².